The van der Waals surface area contributed by atoms with Crippen molar-refractivity contribution in [2.75, 3.05) is 42.2 Å². The molecule has 2 aromatic carbocycles. The summed E-state index contributed by atoms with van der Waals surface area (Å²) in [5.41, 5.74) is 11.9. The summed E-state index contributed by atoms with van der Waals surface area (Å²) in [6.45, 7) is 10.9. The summed E-state index contributed by atoms with van der Waals surface area (Å²) in [5, 5.41) is 4.46. The Balaban J connectivity index is 1.51. The van der Waals surface area contributed by atoms with Gasteiger partial charge in [-0.1, -0.05) is 32.0 Å². The normalized spacial score (nSPS) is 14.7. The molecule has 0 saturated carbocycles. The van der Waals surface area contributed by atoms with Gasteiger partial charge in [-0.2, -0.15) is 9.97 Å². The second kappa shape index (κ2) is 13.2. The number of anilines is 3. The Morgan fingerprint density at radius 1 is 1.00 bits per heavy atom. The van der Waals surface area contributed by atoms with Gasteiger partial charge in [-0.05, 0) is 99.0 Å². The van der Waals surface area contributed by atoms with E-state index in [1.807, 2.05) is 35.0 Å². The molecule has 1 aliphatic heterocycles. The second-order valence-corrected chi connectivity index (χ2v) is 14.7. The number of hydrogen-bond donors (Lipinski definition) is 2. The lowest BCUT2D eigenvalue weighted by molar-refractivity contribution is 0.411. The number of nitrogens with two attached hydrogens (primary N) is 1. The predicted octanol–water partition coefficient (Wildman–Crippen LogP) is 6.80. The van der Waals surface area contributed by atoms with Crippen molar-refractivity contribution in [3.8, 4) is 0 Å². The van der Waals surface area contributed by atoms with E-state index in [-0.39, 0.29) is 0 Å². The van der Waals surface area contributed by atoms with Crippen LogP contribution < -0.4 is 21.3 Å². The number of fused-ring (bicyclic) bond motifs is 1. The molecule has 3 N–H and O–H groups in total. The zero-order valence-electron chi connectivity index (χ0n) is 25.4. The summed E-state index contributed by atoms with van der Waals surface area (Å²) in [5.74, 6) is 1.89. The number of nitrogens with zero attached hydrogens (tertiary/aromatic N) is 5. The topological polar surface area (TPSA) is 102 Å². The van der Waals surface area contributed by atoms with Crippen LogP contribution in [0, 0.1) is 19.8 Å². The molecule has 0 amide bonds. The molecule has 0 bridgehead atoms. The quantitative estimate of drug-likeness (QED) is 0.187. The molecule has 5 rings (SSSR count). The Morgan fingerprint density at radius 3 is 2.29 bits per heavy atom. The summed E-state index contributed by atoms with van der Waals surface area (Å²) in [7, 11) is -2.38. The number of benzene rings is 2. The van der Waals surface area contributed by atoms with Gasteiger partial charge in [0.1, 0.15) is 13.5 Å². The Bertz CT molecular complexity index is 1560. The first kappa shape index (κ1) is 30.0. The maximum atomic E-state index is 13.7. The van der Waals surface area contributed by atoms with E-state index in [0.717, 1.165) is 74.3 Å². The molecule has 8 nitrogen and oxygen atoms in total. The highest BCUT2D eigenvalue weighted by atomic mass is 31.2. The molecular formula is C33H44N7OP. The van der Waals surface area contributed by atoms with Crippen molar-refractivity contribution in [2.45, 2.75) is 53.4 Å². The van der Waals surface area contributed by atoms with Gasteiger partial charge in [0.05, 0.1) is 0 Å². The van der Waals surface area contributed by atoms with E-state index in [0.29, 0.717) is 23.2 Å². The molecule has 0 spiro atoms. The van der Waals surface area contributed by atoms with Crippen molar-refractivity contribution in [3.63, 3.8) is 0 Å². The summed E-state index contributed by atoms with van der Waals surface area (Å²) in [4.78, 5) is 17.0. The highest BCUT2D eigenvalue weighted by Gasteiger charge is 2.24. The molecule has 0 atom stereocenters. The molecule has 2 aromatic heterocycles. The van der Waals surface area contributed by atoms with Crippen LogP contribution in [0.5, 0.6) is 0 Å². The average Bonchev–Trinajstić information content (AvgIpc) is 3.41. The molecule has 42 heavy (non-hydrogen) atoms. The van der Waals surface area contributed by atoms with E-state index < -0.39 is 7.14 Å². The molecule has 0 unspecified atom stereocenters. The molecule has 222 valence electrons. The van der Waals surface area contributed by atoms with Gasteiger partial charge in [0.15, 0.2) is 17.0 Å². The third kappa shape index (κ3) is 6.45. The molecule has 1 saturated heterocycles. The fraction of sp³-hybridized carbons (Fsp3) is 0.424. The lowest BCUT2D eigenvalue weighted by Crippen LogP contribution is -2.37. The first-order valence-electron chi connectivity index (χ1n) is 15.2. The summed E-state index contributed by atoms with van der Waals surface area (Å²) >= 11 is 0. The van der Waals surface area contributed by atoms with E-state index >= 15 is 0 Å². The minimum absolute atomic E-state index is 0.545. The lowest BCUT2D eigenvalue weighted by atomic mass is 9.97. The SMILES string of the molecule is CCCP(=O)(CCC)c1ccc(Nc2nc(N3CCC(CN)CC3)nc3c2ncn3/C=C/c2c(C)cccc2C)cc1. The van der Waals surface area contributed by atoms with Crippen LogP contribution in [-0.2, 0) is 4.57 Å². The maximum Gasteiger partial charge on any atom is 0.229 e. The Kier molecular flexibility index (Phi) is 9.44. The fourth-order valence-corrected chi connectivity index (χ4v) is 8.78. The third-order valence-corrected chi connectivity index (χ3v) is 11.9. The van der Waals surface area contributed by atoms with Crippen molar-refractivity contribution >= 4 is 53.3 Å². The van der Waals surface area contributed by atoms with Crippen LogP contribution in [0.15, 0.2) is 48.8 Å². The van der Waals surface area contributed by atoms with E-state index in [4.69, 9.17) is 20.7 Å². The van der Waals surface area contributed by atoms with Gasteiger partial charge in [0.25, 0.3) is 0 Å². The van der Waals surface area contributed by atoms with Crippen molar-refractivity contribution in [1.29, 1.82) is 0 Å². The van der Waals surface area contributed by atoms with Crippen LogP contribution in [0.25, 0.3) is 23.4 Å². The smallest absolute Gasteiger partial charge is 0.229 e. The number of piperidine rings is 1. The molecular weight excluding hydrogens is 541 g/mol. The number of aryl methyl sites for hydroxylation is 2. The van der Waals surface area contributed by atoms with Crippen LogP contribution >= 0.6 is 7.14 Å². The Morgan fingerprint density at radius 2 is 1.67 bits per heavy atom. The van der Waals surface area contributed by atoms with Crippen LogP contribution in [0.4, 0.5) is 17.5 Å². The number of aromatic nitrogens is 4. The van der Waals surface area contributed by atoms with Gasteiger partial charge in [-0.25, -0.2) is 4.98 Å². The summed E-state index contributed by atoms with van der Waals surface area (Å²) < 4.78 is 15.6. The monoisotopic (exact) mass is 585 g/mol. The minimum atomic E-state index is -2.38. The van der Waals surface area contributed by atoms with E-state index in [9.17, 15) is 4.57 Å². The van der Waals surface area contributed by atoms with Gasteiger partial charge >= 0.3 is 0 Å². The molecule has 1 fully saturated rings. The molecule has 0 radical (unpaired) electrons. The molecule has 1 aliphatic rings. The highest BCUT2D eigenvalue weighted by molar-refractivity contribution is 7.71. The van der Waals surface area contributed by atoms with Gasteiger partial charge in [0.2, 0.25) is 5.95 Å². The molecule has 9 heteroatoms. The first-order chi connectivity index (χ1) is 20.3. The van der Waals surface area contributed by atoms with Gasteiger partial charge in [0, 0.05) is 42.6 Å². The van der Waals surface area contributed by atoms with Crippen LogP contribution in [0.2, 0.25) is 0 Å². The Hall–Kier alpha value is -3.48. The largest absolute Gasteiger partial charge is 0.341 e. The molecule has 4 aromatic rings. The van der Waals surface area contributed by atoms with Crippen LogP contribution in [-0.4, -0.2) is 51.5 Å². The highest BCUT2D eigenvalue weighted by Crippen LogP contribution is 2.45. The van der Waals surface area contributed by atoms with E-state index in [2.05, 4.69) is 62.2 Å². The van der Waals surface area contributed by atoms with Crippen LogP contribution in [0.3, 0.4) is 0 Å². The van der Waals surface area contributed by atoms with E-state index in [1.165, 1.54) is 16.7 Å². The molecule has 3 heterocycles. The fourth-order valence-electron chi connectivity index (χ4n) is 5.90. The first-order valence-corrected chi connectivity index (χ1v) is 17.3. The number of rotatable bonds is 11. The van der Waals surface area contributed by atoms with Crippen molar-refractivity contribution < 1.29 is 4.57 Å². The zero-order chi connectivity index (χ0) is 29.7. The van der Waals surface area contributed by atoms with Gasteiger partial charge < -0.3 is 20.5 Å². The third-order valence-electron chi connectivity index (χ3n) is 8.35. The predicted molar refractivity (Wildman–Crippen MR) is 178 cm³/mol. The minimum Gasteiger partial charge on any atom is -0.341 e. The van der Waals surface area contributed by atoms with Gasteiger partial charge in [-0.15, -0.1) is 0 Å². The standard InChI is InChI=1S/C33H44N7OP/c1-5-20-42(41,21-6-2)28-12-10-27(11-13-28)36-31-30-32(38-33(37-31)39-17-14-26(22-34)15-18-39)40(23-35-30)19-16-29-24(3)8-7-9-25(29)4/h7-13,16,19,23,26H,5-6,14-15,17-18,20-22,34H2,1-4H3,(H,36,37,38)/b19-16+. The number of imidazole rings is 1. The Labute approximate surface area is 249 Å². The average molecular weight is 586 g/mol. The second-order valence-electron chi connectivity index (χ2n) is 11.5. The van der Waals surface area contributed by atoms with Crippen molar-refractivity contribution in [2.24, 2.45) is 11.7 Å². The number of nitrogens with one attached hydrogen (secondary N) is 1. The van der Waals surface area contributed by atoms with Gasteiger partial charge in [-0.3, -0.25) is 4.57 Å². The maximum absolute atomic E-state index is 13.7. The molecule has 0 aliphatic carbocycles. The van der Waals surface area contributed by atoms with Crippen molar-refractivity contribution in [3.05, 3.63) is 65.5 Å². The summed E-state index contributed by atoms with van der Waals surface area (Å²) in [6, 6.07) is 14.4. The summed E-state index contributed by atoms with van der Waals surface area (Å²) in [6.07, 6.45) is 11.3. The zero-order valence-corrected chi connectivity index (χ0v) is 26.3. The van der Waals surface area contributed by atoms with Crippen molar-refractivity contribution in [1.82, 2.24) is 19.5 Å². The lowest BCUT2D eigenvalue weighted by Gasteiger charge is -2.31. The van der Waals surface area contributed by atoms with Crippen LogP contribution in [0.1, 0.15) is 56.2 Å². The number of hydrogen-bond acceptors (Lipinski definition) is 7. The van der Waals surface area contributed by atoms with E-state index in [1.54, 1.807) is 6.33 Å².